The van der Waals surface area contributed by atoms with E-state index < -0.39 is 0 Å². The van der Waals surface area contributed by atoms with Crippen LogP contribution in [0.3, 0.4) is 0 Å². The average molecular weight is 471 g/mol. The molecule has 2 aromatic carbocycles. The Morgan fingerprint density at radius 3 is 2.71 bits per heavy atom. The quantitative estimate of drug-likeness (QED) is 0.373. The van der Waals surface area contributed by atoms with E-state index in [0.29, 0.717) is 63.6 Å². The van der Waals surface area contributed by atoms with E-state index in [4.69, 9.17) is 0 Å². The van der Waals surface area contributed by atoms with Gasteiger partial charge in [-0.2, -0.15) is 0 Å². The first-order valence-electron chi connectivity index (χ1n) is 11.0. The van der Waals surface area contributed by atoms with Crippen LogP contribution in [0.4, 0.5) is 10.1 Å². The number of H-pyrrole nitrogens is 1. The fraction of sp³-hybridized carbons (Fsp3) is 0.160. The van der Waals surface area contributed by atoms with Crippen molar-refractivity contribution in [3.05, 3.63) is 82.7 Å². The summed E-state index contributed by atoms with van der Waals surface area (Å²) in [5, 5.41) is 16.6. The number of nitrogens with zero attached hydrogens (tertiary/aromatic N) is 4. The molecule has 9 nitrogen and oxygen atoms in total. The summed E-state index contributed by atoms with van der Waals surface area (Å²) in [6, 6.07) is 11.8. The number of aromatic nitrogens is 5. The molecule has 0 bridgehead atoms. The van der Waals surface area contributed by atoms with Gasteiger partial charge in [0.15, 0.2) is 0 Å². The molecular formula is C25H22FN7O2. The van der Waals surface area contributed by atoms with Gasteiger partial charge in [-0.1, -0.05) is 30.3 Å². The van der Waals surface area contributed by atoms with E-state index in [1.807, 2.05) is 6.92 Å². The molecule has 1 aliphatic heterocycles. The molecule has 5 rings (SSSR count). The third kappa shape index (κ3) is 4.10. The highest BCUT2D eigenvalue weighted by Crippen LogP contribution is 2.41. The lowest BCUT2D eigenvalue weighted by atomic mass is 9.94. The van der Waals surface area contributed by atoms with Crippen LogP contribution in [0.1, 0.15) is 32.9 Å². The smallest absolute Gasteiger partial charge is 0.256 e. The second-order valence-electron chi connectivity index (χ2n) is 8.21. The van der Waals surface area contributed by atoms with Gasteiger partial charge in [0.25, 0.3) is 11.8 Å². The van der Waals surface area contributed by atoms with Crippen molar-refractivity contribution in [3.63, 3.8) is 0 Å². The zero-order chi connectivity index (χ0) is 24.5. The van der Waals surface area contributed by atoms with Gasteiger partial charge < -0.3 is 15.6 Å². The van der Waals surface area contributed by atoms with Gasteiger partial charge in [0.05, 0.1) is 17.7 Å². The minimum Gasteiger partial charge on any atom is -0.358 e. The van der Waals surface area contributed by atoms with E-state index in [9.17, 15) is 14.0 Å². The average Bonchev–Trinajstić information content (AvgIpc) is 3.53. The molecule has 2 amide bonds. The van der Waals surface area contributed by atoms with Crippen molar-refractivity contribution in [1.29, 1.82) is 0 Å². The highest BCUT2D eigenvalue weighted by Gasteiger charge is 2.29. The summed E-state index contributed by atoms with van der Waals surface area (Å²) >= 11 is 0. The van der Waals surface area contributed by atoms with Crippen LogP contribution in [0.2, 0.25) is 0 Å². The number of aromatic amines is 1. The first kappa shape index (κ1) is 22.2. The molecule has 0 unspecified atom stereocenters. The molecule has 0 fully saturated rings. The number of anilines is 1. The van der Waals surface area contributed by atoms with E-state index in [-0.39, 0.29) is 17.6 Å². The molecule has 0 saturated carbocycles. The Morgan fingerprint density at radius 1 is 1.14 bits per heavy atom. The molecule has 0 spiro atoms. The number of carbonyl (C=O) groups is 2. The molecule has 3 heterocycles. The number of rotatable bonds is 6. The zero-order valence-electron chi connectivity index (χ0n) is 19.1. The summed E-state index contributed by atoms with van der Waals surface area (Å²) < 4.78 is 16.1. The van der Waals surface area contributed by atoms with E-state index >= 15 is 0 Å². The van der Waals surface area contributed by atoms with Gasteiger partial charge in [-0.05, 0) is 53.6 Å². The molecule has 1 aliphatic rings. The monoisotopic (exact) mass is 471 g/mol. The van der Waals surface area contributed by atoms with Crippen molar-refractivity contribution in [1.82, 2.24) is 30.5 Å². The number of carbonyl (C=O) groups excluding carboxylic acids is 2. The third-order valence-corrected chi connectivity index (χ3v) is 6.00. The molecule has 0 saturated heterocycles. The van der Waals surface area contributed by atoms with Crippen LogP contribution in [-0.4, -0.2) is 43.6 Å². The van der Waals surface area contributed by atoms with E-state index in [2.05, 4.69) is 31.1 Å². The van der Waals surface area contributed by atoms with Crippen LogP contribution in [0.15, 0.2) is 48.8 Å². The second-order valence-corrected chi connectivity index (χ2v) is 8.21. The fourth-order valence-corrected chi connectivity index (χ4v) is 4.35. The normalized spacial score (nSPS) is 13.7. The number of halogens is 1. The van der Waals surface area contributed by atoms with E-state index in [1.165, 1.54) is 17.1 Å². The van der Waals surface area contributed by atoms with Crippen molar-refractivity contribution in [2.45, 2.75) is 20.4 Å². The van der Waals surface area contributed by atoms with Gasteiger partial charge in [0.2, 0.25) is 0 Å². The number of benzene rings is 2. The first-order valence-corrected chi connectivity index (χ1v) is 11.0. The predicted octanol–water partition coefficient (Wildman–Crippen LogP) is 3.35. The van der Waals surface area contributed by atoms with Crippen LogP contribution < -0.4 is 10.6 Å². The molecule has 0 radical (unpaired) electrons. The summed E-state index contributed by atoms with van der Waals surface area (Å²) in [4.78, 5) is 29.0. The van der Waals surface area contributed by atoms with Gasteiger partial charge in [0, 0.05) is 34.7 Å². The van der Waals surface area contributed by atoms with Crippen LogP contribution in [0.5, 0.6) is 0 Å². The number of hydrogen-bond donors (Lipinski definition) is 3. The summed E-state index contributed by atoms with van der Waals surface area (Å²) in [6.45, 7) is 4.42. The molecule has 10 heteroatoms. The first-order chi connectivity index (χ1) is 16.9. The highest BCUT2D eigenvalue weighted by atomic mass is 19.1. The number of nitrogens with one attached hydrogen (secondary N) is 3. The van der Waals surface area contributed by atoms with Gasteiger partial charge in [-0.25, -0.2) is 9.07 Å². The lowest BCUT2D eigenvalue weighted by Gasteiger charge is -2.09. The van der Waals surface area contributed by atoms with Crippen molar-refractivity contribution in [2.75, 3.05) is 11.9 Å². The number of tetrazole rings is 1. The summed E-state index contributed by atoms with van der Waals surface area (Å²) in [7, 11) is 0. The van der Waals surface area contributed by atoms with E-state index in [1.54, 1.807) is 49.4 Å². The highest BCUT2D eigenvalue weighted by molar-refractivity contribution is 6.36. The SMILES string of the molecule is Cc1[nH]c(/C=C2\C(=O)Nc3cccc(-c4ccccc4F)c32)c(C)c1C(=O)NCCn1cnnn1. The van der Waals surface area contributed by atoms with Crippen molar-refractivity contribution in [3.8, 4) is 11.1 Å². The molecular weight excluding hydrogens is 449 g/mol. The Hall–Kier alpha value is -4.60. The van der Waals surface area contributed by atoms with Crippen molar-refractivity contribution in [2.24, 2.45) is 0 Å². The van der Waals surface area contributed by atoms with Gasteiger partial charge in [0.1, 0.15) is 12.1 Å². The maximum Gasteiger partial charge on any atom is 0.256 e. The lowest BCUT2D eigenvalue weighted by molar-refractivity contribution is -0.110. The number of aryl methyl sites for hydroxylation is 1. The number of fused-ring (bicyclic) bond motifs is 1. The molecule has 4 aromatic rings. The molecule has 2 aromatic heterocycles. The lowest BCUT2D eigenvalue weighted by Crippen LogP contribution is -2.28. The minimum absolute atomic E-state index is 0.239. The maximum absolute atomic E-state index is 14.6. The van der Waals surface area contributed by atoms with Gasteiger partial charge in [-0.3, -0.25) is 9.59 Å². The Kier molecular flexibility index (Phi) is 5.69. The topological polar surface area (TPSA) is 118 Å². The Morgan fingerprint density at radius 2 is 1.94 bits per heavy atom. The zero-order valence-corrected chi connectivity index (χ0v) is 19.1. The summed E-state index contributed by atoms with van der Waals surface area (Å²) in [5.74, 6) is -0.896. The Labute approximate surface area is 200 Å². The number of hydrogen-bond acceptors (Lipinski definition) is 5. The minimum atomic E-state index is -0.368. The largest absolute Gasteiger partial charge is 0.358 e. The summed E-state index contributed by atoms with van der Waals surface area (Å²) in [6.07, 6.45) is 3.19. The molecule has 0 atom stereocenters. The predicted molar refractivity (Wildman–Crippen MR) is 129 cm³/mol. The van der Waals surface area contributed by atoms with Crippen molar-refractivity contribution < 1.29 is 14.0 Å². The van der Waals surface area contributed by atoms with Crippen molar-refractivity contribution >= 4 is 29.2 Å². The number of amides is 2. The van der Waals surface area contributed by atoms with Gasteiger partial charge in [-0.15, -0.1) is 5.10 Å². The van der Waals surface area contributed by atoms with Gasteiger partial charge >= 0.3 is 0 Å². The maximum atomic E-state index is 14.6. The standard InChI is InChI=1S/C25H22FN7O2/c1-14-21(29-15(2)22(14)25(35)27-10-11-33-13-28-31-32-33)12-18-23-17(16-6-3-4-8-19(16)26)7-5-9-20(23)30-24(18)34/h3-9,12-13,29H,10-11H2,1-2H3,(H,27,35)(H,30,34)/b18-12-. The second kappa shape index (κ2) is 8.98. The molecule has 3 N–H and O–H groups in total. The fourth-order valence-electron chi connectivity index (χ4n) is 4.35. The Bertz CT molecular complexity index is 1470. The summed E-state index contributed by atoms with van der Waals surface area (Å²) in [5.41, 5.74) is 5.19. The molecule has 176 valence electrons. The van der Waals surface area contributed by atoms with Crippen LogP contribution in [-0.2, 0) is 11.3 Å². The van der Waals surface area contributed by atoms with Crippen LogP contribution in [0, 0.1) is 19.7 Å². The van der Waals surface area contributed by atoms with E-state index in [0.717, 1.165) is 0 Å². The van der Waals surface area contributed by atoms with Crippen LogP contribution >= 0.6 is 0 Å². The van der Waals surface area contributed by atoms with Crippen LogP contribution in [0.25, 0.3) is 22.8 Å². The Balaban J connectivity index is 1.48. The molecule has 0 aliphatic carbocycles. The molecule has 35 heavy (non-hydrogen) atoms. The third-order valence-electron chi connectivity index (χ3n) is 6.00.